The zero-order chi connectivity index (χ0) is 94.7. The monoisotopic (exact) mass is 1860 g/mol. The molecular weight excluding hydrogens is 1710 g/mol. The highest BCUT2D eigenvalue weighted by Gasteiger charge is 2.57. The SMILES string of the molecule is C.Cc1cn2c(C(=O)NCC3(O)CCCCC3)cccc2n1.Cc1cn2c(C(=O)NCC34CC5CC(CC(C5)C3)C4)cccc2n1.Cc1cn2c(C(=O)NC[C@H]3CC[C@@H]4C[C@H]3C4(C)C)cccc2n1.Cc1cn2c(NC(=O)CC3(O)CCCCC3)cccc2n1.Cc1cn2c(NC(=O)CC34CC5CC(CC(C5)C3)C4)cccc2n1.Cc1cn2c(NC(=O)C[C@H]3CC[C@@H]4C[C@H]3C4(C)C)cccc2n1. The molecule has 6 amide bonds. The molecule has 0 saturated heterocycles. The van der Waals surface area contributed by atoms with Crippen molar-refractivity contribution < 1.29 is 39.0 Å². The van der Waals surface area contributed by atoms with Gasteiger partial charge in [0.2, 0.25) is 17.7 Å². The Morgan fingerprint density at radius 1 is 0.343 bits per heavy atom. The van der Waals surface area contributed by atoms with Gasteiger partial charge in [0, 0.05) is 69.7 Å². The van der Waals surface area contributed by atoms with Gasteiger partial charge in [-0.3, -0.25) is 55.2 Å². The second-order valence-corrected chi connectivity index (χ2v) is 45.2. The molecule has 16 fully saturated rings. The summed E-state index contributed by atoms with van der Waals surface area (Å²) in [6.07, 6.45) is 46.6. The number of hydrogen-bond acceptors (Lipinski definition) is 14. The fourth-order valence-electron chi connectivity index (χ4n) is 28.3. The summed E-state index contributed by atoms with van der Waals surface area (Å²) >= 11 is 0. The van der Waals surface area contributed by atoms with Gasteiger partial charge in [-0.25, -0.2) is 29.9 Å². The van der Waals surface area contributed by atoms with E-state index in [0.717, 1.165) is 210 Å². The molecular formula is C111H146N18O8. The van der Waals surface area contributed by atoms with Crippen molar-refractivity contribution in [2.75, 3.05) is 35.6 Å². The summed E-state index contributed by atoms with van der Waals surface area (Å²) in [6, 6.07) is 34.3. The lowest BCUT2D eigenvalue weighted by Crippen LogP contribution is -2.54. The largest absolute Gasteiger partial charge is 0.389 e. The fraction of sp³-hybridized carbons (Fsp3) is 0.568. The molecule has 12 heterocycles. The van der Waals surface area contributed by atoms with Crippen LogP contribution in [0.4, 0.5) is 17.5 Å². The van der Waals surface area contributed by atoms with Crippen molar-refractivity contribution in [3.8, 4) is 0 Å². The first kappa shape index (κ1) is 96.2. The van der Waals surface area contributed by atoms with Crippen LogP contribution in [-0.2, 0) is 14.4 Å². The number of nitrogens with one attached hydrogen (secondary N) is 6. The molecule has 12 aromatic rings. The first-order chi connectivity index (χ1) is 65.2. The average molecular weight is 1860 g/mol. The zero-order valence-electron chi connectivity index (χ0n) is 81.5. The van der Waals surface area contributed by atoms with Gasteiger partial charge in [-0.1, -0.05) is 110 Å². The van der Waals surface area contributed by atoms with E-state index in [2.05, 4.69) is 89.5 Å². The number of anilines is 3. The molecule has 16 saturated carbocycles. The third kappa shape index (κ3) is 21.0. The molecule has 12 bridgehead atoms. The first-order valence-corrected chi connectivity index (χ1v) is 51.1. The molecule has 0 spiro atoms. The van der Waals surface area contributed by atoms with Crippen molar-refractivity contribution in [1.29, 1.82) is 0 Å². The maximum absolute atomic E-state index is 12.8. The number of aliphatic hydroxyl groups is 2. The number of hydrogen-bond donors (Lipinski definition) is 8. The van der Waals surface area contributed by atoms with E-state index in [0.29, 0.717) is 70.4 Å². The summed E-state index contributed by atoms with van der Waals surface area (Å²) in [6.45, 7) is 23.2. The minimum Gasteiger partial charge on any atom is -0.389 e. The van der Waals surface area contributed by atoms with Gasteiger partial charge in [0.15, 0.2) is 0 Å². The lowest BCUT2D eigenvalue weighted by Gasteiger charge is -2.60. The smallest absolute Gasteiger partial charge is 0.268 e. The minimum atomic E-state index is -0.832. The Kier molecular flexibility index (Phi) is 27.6. The summed E-state index contributed by atoms with van der Waals surface area (Å²) in [5, 5.41) is 39.4. The van der Waals surface area contributed by atoms with Gasteiger partial charge in [0.25, 0.3) is 17.7 Å². The van der Waals surface area contributed by atoms with Gasteiger partial charge in [-0.05, 0) is 348 Å². The van der Waals surface area contributed by atoms with Crippen LogP contribution in [0.3, 0.4) is 0 Å². The molecule has 728 valence electrons. The van der Waals surface area contributed by atoms with E-state index in [1.807, 2.05) is 204 Å². The van der Waals surface area contributed by atoms with Crippen LogP contribution in [0, 0.1) is 134 Å². The summed E-state index contributed by atoms with van der Waals surface area (Å²) in [4.78, 5) is 102. The van der Waals surface area contributed by atoms with Crippen LogP contribution in [0.15, 0.2) is 146 Å². The van der Waals surface area contributed by atoms with Crippen molar-refractivity contribution in [1.82, 2.24) is 72.3 Å². The maximum atomic E-state index is 12.8. The molecule has 0 unspecified atom stereocenters. The third-order valence-electron chi connectivity index (χ3n) is 34.3. The molecule has 16 aliphatic rings. The number of aryl methyl sites for hydroxylation is 6. The quantitative estimate of drug-likeness (QED) is 0.0396. The van der Waals surface area contributed by atoms with Crippen molar-refractivity contribution in [3.63, 3.8) is 0 Å². The molecule has 16 aliphatic carbocycles. The minimum absolute atomic E-state index is 0. The Hall–Kier alpha value is -11.1. The number of imidazole rings is 6. The number of nitrogens with zero attached hydrogens (tertiary/aromatic N) is 12. The lowest BCUT2D eigenvalue weighted by atomic mass is 9.45. The van der Waals surface area contributed by atoms with Gasteiger partial charge >= 0.3 is 0 Å². The fourth-order valence-corrected chi connectivity index (χ4v) is 28.3. The van der Waals surface area contributed by atoms with Crippen molar-refractivity contribution >= 4 is 86.8 Å². The van der Waals surface area contributed by atoms with Gasteiger partial charge in [0.05, 0.1) is 51.8 Å². The van der Waals surface area contributed by atoms with Crippen LogP contribution in [0.25, 0.3) is 33.9 Å². The highest BCUT2D eigenvalue weighted by molar-refractivity contribution is 5.95. The topological polar surface area (TPSA) is 319 Å². The molecule has 8 N–H and O–H groups in total. The molecule has 0 aromatic carbocycles. The Morgan fingerprint density at radius 3 is 1.02 bits per heavy atom. The molecule has 26 heteroatoms. The van der Waals surface area contributed by atoms with E-state index in [9.17, 15) is 39.0 Å². The molecule has 0 radical (unpaired) electrons. The van der Waals surface area contributed by atoms with E-state index in [4.69, 9.17) is 0 Å². The number of amides is 6. The van der Waals surface area contributed by atoms with Crippen LogP contribution < -0.4 is 31.9 Å². The van der Waals surface area contributed by atoms with E-state index in [-0.39, 0.29) is 54.7 Å². The Balaban J connectivity index is 0.000000109. The van der Waals surface area contributed by atoms with Gasteiger partial charge in [0.1, 0.15) is 68.4 Å². The van der Waals surface area contributed by atoms with Crippen LogP contribution in [0.2, 0.25) is 0 Å². The van der Waals surface area contributed by atoms with E-state index < -0.39 is 11.2 Å². The molecule has 137 heavy (non-hydrogen) atoms. The third-order valence-corrected chi connectivity index (χ3v) is 34.3. The predicted octanol–water partition coefficient (Wildman–Crippen LogP) is 20.6. The molecule has 26 nitrogen and oxygen atoms in total. The number of rotatable bonds is 18. The van der Waals surface area contributed by atoms with Gasteiger partial charge in [-0.2, -0.15) is 0 Å². The maximum Gasteiger partial charge on any atom is 0.268 e. The number of pyridine rings is 6. The second kappa shape index (κ2) is 39.3. The van der Waals surface area contributed by atoms with Gasteiger partial charge < -0.3 is 42.1 Å². The highest BCUT2D eigenvalue weighted by atomic mass is 16.3. The Labute approximate surface area is 806 Å². The summed E-state index contributed by atoms with van der Waals surface area (Å²) < 4.78 is 11.4. The predicted molar refractivity (Wildman–Crippen MR) is 537 cm³/mol. The van der Waals surface area contributed by atoms with Crippen LogP contribution in [0.5, 0.6) is 0 Å². The van der Waals surface area contributed by atoms with Crippen molar-refractivity contribution in [2.24, 2.45) is 92.7 Å². The van der Waals surface area contributed by atoms with Crippen LogP contribution in [0.1, 0.15) is 300 Å². The number of aromatic nitrogens is 12. The normalized spacial score (nSPS) is 26.9. The van der Waals surface area contributed by atoms with E-state index in [1.54, 1.807) is 10.5 Å². The molecule has 28 rings (SSSR count). The van der Waals surface area contributed by atoms with Crippen molar-refractivity contribution in [3.05, 3.63) is 198 Å². The standard InChI is InChI=1S/2C20H25N3O.2C19H25N3O.2C16H21N3O2.CH4/c1-13-12-23-17(21-13)3-2-4-18(23)22-19(24)11-20-8-14-5-15(9-20)7-16(6-14)10-20;1-13-11-23-17(3-2-4-18(23)22-13)19(24)21-12-20-8-14-5-15(9-20)7-16(6-14)10-20;1-12-11-22-16(5-4-6-17(22)21-12)18(23)20-10-13-7-8-14-9-15(13)19(14,2)3;1-12-11-22-16(20-12)5-4-6-17(22)21-18(23)9-13-7-8-14-10-15(13)19(14,2)3;1-12-11-19-13(17-12)6-5-7-14(19)18-15(20)10-16(21)8-3-2-4-9-16;1-12-10-19-13(6-5-7-14(19)18-12)15(20)17-11-16(21)8-3-2-4-9-16;/h2-4,12,14-16H,5-11H2,1H3,(H,22,24);2-4,11,14-16H,5-10,12H2,1H3,(H,21,24);4-6,11,13-15H,7-10H2,1-3H3,(H,20,23);4-6,11,13-15H,7-10H2,1-3H3,(H,21,23);5-7,11,21H,2-4,8-10H2,1H3,(H,18,20);5-7,10,21H,2-4,8-9,11H2,1H3,(H,17,20);1H4/t;;2*13-,14-,15-;;;/m..11.../s1. The van der Waals surface area contributed by atoms with E-state index >= 15 is 0 Å². The summed E-state index contributed by atoms with van der Waals surface area (Å²) in [5.41, 5.74) is 12.5. The highest BCUT2D eigenvalue weighted by Crippen LogP contribution is 2.65. The average Bonchev–Trinajstić information content (AvgIpc) is 1.03. The summed E-state index contributed by atoms with van der Waals surface area (Å²) in [7, 11) is 0. The van der Waals surface area contributed by atoms with Crippen LogP contribution >= 0.6 is 0 Å². The number of carbonyl (C=O) groups is 6. The Morgan fingerprint density at radius 2 is 0.650 bits per heavy atom. The molecule has 12 aromatic heterocycles. The van der Waals surface area contributed by atoms with Crippen LogP contribution in [-0.4, -0.2) is 133 Å². The second-order valence-electron chi connectivity index (χ2n) is 45.2. The molecule has 6 atom stereocenters. The zero-order valence-corrected chi connectivity index (χ0v) is 81.5. The first-order valence-electron chi connectivity index (χ1n) is 51.1. The van der Waals surface area contributed by atoms with E-state index in [1.165, 1.54) is 122 Å². The van der Waals surface area contributed by atoms with Gasteiger partial charge in [-0.15, -0.1) is 0 Å². The van der Waals surface area contributed by atoms with Crippen molar-refractivity contribution in [2.45, 2.75) is 287 Å². The number of carbonyl (C=O) groups excluding carboxylic acids is 6. The summed E-state index contributed by atoms with van der Waals surface area (Å²) in [5.74, 6) is 12.3. The number of fused-ring (bicyclic) bond motifs is 10. The molecule has 0 aliphatic heterocycles. The lowest BCUT2D eigenvalue weighted by molar-refractivity contribution is -0.129. The Bertz CT molecular complexity index is 6350.